The Kier molecular flexibility index (Phi) is 8.36. The molecule has 4 N–H and O–H groups in total. The largest absolute Gasteiger partial charge is 0.461 e. The predicted octanol–water partition coefficient (Wildman–Crippen LogP) is 2.42. The molecule has 4 rings (SSSR count). The first-order valence-corrected chi connectivity index (χ1v) is 13.9. The lowest BCUT2D eigenvalue weighted by Gasteiger charge is -2.28. The standard InChI is InChI=1S/C22H28FN4O7PS/c1-13(21(29)33-14-8-5-9-14)26-35(31,34-15-6-3-2-4-7-15)32-12-16-19(28)18(23)20(36-16)27-11-10-17(24)25-22(27)30/h2-4,6-7,10-11,13-14,16,18-20,28H,5,8-9,12H2,1H3,(H,26,31)(H2,24,25,30)/t13?,16-,18+,19-,20-,35?/m1/s1. The van der Waals surface area contributed by atoms with Gasteiger partial charge in [0.1, 0.15) is 35.2 Å². The summed E-state index contributed by atoms with van der Waals surface area (Å²) in [6.45, 7) is 1.07. The lowest BCUT2D eigenvalue weighted by molar-refractivity contribution is -0.154. The number of anilines is 1. The van der Waals surface area contributed by atoms with Crippen molar-refractivity contribution in [2.75, 3.05) is 12.3 Å². The van der Waals surface area contributed by atoms with Gasteiger partial charge in [0.15, 0.2) is 6.17 Å². The summed E-state index contributed by atoms with van der Waals surface area (Å²) >= 11 is 0.927. The number of nitrogens with one attached hydrogen (secondary N) is 1. The van der Waals surface area contributed by atoms with Crippen LogP contribution < -0.4 is 21.0 Å². The molecule has 0 amide bonds. The highest BCUT2D eigenvalue weighted by Gasteiger charge is 2.46. The van der Waals surface area contributed by atoms with Gasteiger partial charge < -0.3 is 20.1 Å². The molecule has 1 aliphatic carbocycles. The highest BCUT2D eigenvalue weighted by molar-refractivity contribution is 8.00. The molecule has 0 bridgehead atoms. The normalized spacial score (nSPS) is 26.5. The number of rotatable bonds is 10. The Bertz CT molecular complexity index is 1170. The van der Waals surface area contributed by atoms with E-state index in [1.165, 1.54) is 19.2 Å². The Morgan fingerprint density at radius 1 is 1.36 bits per heavy atom. The van der Waals surface area contributed by atoms with Crippen LogP contribution >= 0.6 is 19.5 Å². The Balaban J connectivity index is 1.46. The van der Waals surface area contributed by atoms with E-state index in [4.69, 9.17) is 19.5 Å². The average molecular weight is 543 g/mol. The minimum Gasteiger partial charge on any atom is -0.461 e. The van der Waals surface area contributed by atoms with E-state index in [0.29, 0.717) is 0 Å². The van der Waals surface area contributed by atoms with Gasteiger partial charge in [-0.05, 0) is 44.4 Å². The fourth-order valence-electron chi connectivity index (χ4n) is 3.61. The molecule has 196 valence electrons. The number of ether oxygens (including phenoxy) is 1. The van der Waals surface area contributed by atoms with Gasteiger partial charge in [0, 0.05) is 6.20 Å². The smallest absolute Gasteiger partial charge is 0.459 e. The Morgan fingerprint density at radius 2 is 2.08 bits per heavy atom. The highest BCUT2D eigenvalue weighted by atomic mass is 32.2. The van der Waals surface area contributed by atoms with Gasteiger partial charge in [0.25, 0.3) is 0 Å². The molecule has 0 radical (unpaired) electrons. The Hall–Kier alpha value is -2.44. The number of nitrogen functional groups attached to an aromatic ring is 1. The third-order valence-corrected chi connectivity index (χ3v) is 9.01. The first kappa shape index (κ1) is 26.6. The number of alkyl halides is 1. The summed E-state index contributed by atoms with van der Waals surface area (Å²) in [6.07, 6.45) is 0.317. The molecule has 36 heavy (non-hydrogen) atoms. The highest BCUT2D eigenvalue weighted by Crippen LogP contribution is 2.49. The van der Waals surface area contributed by atoms with Crippen molar-refractivity contribution < 1.29 is 32.6 Å². The van der Waals surface area contributed by atoms with Gasteiger partial charge in [-0.15, -0.1) is 11.8 Å². The molecule has 1 aliphatic heterocycles. The summed E-state index contributed by atoms with van der Waals surface area (Å²) in [5, 5.41) is 11.0. The maximum Gasteiger partial charge on any atom is 0.459 e. The second-order valence-corrected chi connectivity index (χ2v) is 11.6. The zero-order valence-corrected chi connectivity index (χ0v) is 21.1. The van der Waals surface area contributed by atoms with E-state index in [9.17, 15) is 23.7 Å². The summed E-state index contributed by atoms with van der Waals surface area (Å²) in [5.41, 5.74) is 4.73. The maximum atomic E-state index is 14.9. The first-order valence-electron chi connectivity index (χ1n) is 11.4. The summed E-state index contributed by atoms with van der Waals surface area (Å²) in [7, 11) is -4.19. The van der Waals surface area contributed by atoms with Crippen molar-refractivity contribution in [3.63, 3.8) is 0 Å². The minimum absolute atomic E-state index is 0.00915. The molecule has 1 saturated heterocycles. The molecule has 14 heteroatoms. The van der Waals surface area contributed by atoms with E-state index in [0.717, 1.165) is 35.6 Å². The van der Waals surface area contributed by atoms with E-state index in [-0.39, 0.29) is 17.7 Å². The molecular weight excluding hydrogens is 514 g/mol. The van der Waals surface area contributed by atoms with Crippen LogP contribution in [0.1, 0.15) is 31.6 Å². The predicted molar refractivity (Wildman–Crippen MR) is 131 cm³/mol. The number of thioether (sulfide) groups is 1. The Labute approximate surface area is 211 Å². The number of hydrogen-bond acceptors (Lipinski definition) is 10. The van der Waals surface area contributed by atoms with Gasteiger partial charge in [0.2, 0.25) is 0 Å². The number of aliphatic hydroxyl groups excluding tert-OH is 1. The third kappa shape index (κ3) is 6.27. The topological polar surface area (TPSA) is 155 Å². The van der Waals surface area contributed by atoms with Gasteiger partial charge in [-0.1, -0.05) is 18.2 Å². The van der Waals surface area contributed by atoms with Crippen LogP contribution in [-0.2, 0) is 18.6 Å². The second-order valence-electron chi connectivity index (χ2n) is 8.58. The molecule has 1 aromatic carbocycles. The number of carbonyl (C=O) groups is 1. The number of esters is 1. The molecule has 0 spiro atoms. The summed E-state index contributed by atoms with van der Waals surface area (Å²) in [5.74, 6) is -0.395. The van der Waals surface area contributed by atoms with E-state index >= 15 is 0 Å². The first-order chi connectivity index (χ1) is 17.1. The van der Waals surface area contributed by atoms with E-state index in [1.54, 1.807) is 30.3 Å². The van der Waals surface area contributed by atoms with Crippen molar-refractivity contribution in [3.8, 4) is 5.75 Å². The number of halogens is 1. The van der Waals surface area contributed by atoms with Gasteiger partial charge in [-0.2, -0.15) is 10.1 Å². The van der Waals surface area contributed by atoms with Crippen molar-refractivity contribution in [1.82, 2.24) is 14.6 Å². The number of hydrogen-bond donors (Lipinski definition) is 3. The van der Waals surface area contributed by atoms with E-state index in [2.05, 4.69) is 10.1 Å². The van der Waals surface area contributed by atoms with Crippen LogP contribution in [-0.4, -0.2) is 56.9 Å². The number of carbonyl (C=O) groups excluding carboxylic acids is 1. The lowest BCUT2D eigenvalue weighted by Crippen LogP contribution is -2.39. The van der Waals surface area contributed by atoms with Crippen LogP contribution in [0.15, 0.2) is 47.4 Å². The number of benzene rings is 1. The number of aromatic nitrogens is 2. The van der Waals surface area contributed by atoms with Crippen molar-refractivity contribution in [2.45, 2.75) is 61.2 Å². The van der Waals surface area contributed by atoms with Crippen molar-refractivity contribution in [2.24, 2.45) is 0 Å². The molecule has 2 fully saturated rings. The van der Waals surface area contributed by atoms with Crippen molar-refractivity contribution in [1.29, 1.82) is 0 Å². The summed E-state index contributed by atoms with van der Waals surface area (Å²) in [4.78, 5) is 28.2. The fraction of sp³-hybridized carbons (Fsp3) is 0.500. The van der Waals surface area contributed by atoms with Crippen LogP contribution in [0.2, 0.25) is 0 Å². The molecule has 6 atom stereocenters. The maximum absolute atomic E-state index is 14.9. The number of para-hydroxylation sites is 1. The molecular formula is C22H28FN4O7PS. The van der Waals surface area contributed by atoms with Crippen LogP contribution in [0, 0.1) is 0 Å². The zero-order chi connectivity index (χ0) is 25.9. The molecule has 2 unspecified atom stereocenters. The van der Waals surface area contributed by atoms with Crippen LogP contribution in [0.3, 0.4) is 0 Å². The Morgan fingerprint density at radius 3 is 2.72 bits per heavy atom. The van der Waals surface area contributed by atoms with Crippen LogP contribution in [0.4, 0.5) is 10.2 Å². The molecule has 11 nitrogen and oxygen atoms in total. The number of nitrogens with two attached hydrogens (primary N) is 1. The van der Waals surface area contributed by atoms with E-state index in [1.807, 2.05) is 0 Å². The summed E-state index contributed by atoms with van der Waals surface area (Å²) < 4.78 is 46.1. The zero-order valence-electron chi connectivity index (χ0n) is 19.4. The molecule has 2 aromatic rings. The van der Waals surface area contributed by atoms with Crippen molar-refractivity contribution in [3.05, 3.63) is 53.1 Å². The second kappa shape index (κ2) is 11.3. The SMILES string of the molecule is CC(NP(=O)(OC[C@H]1S[C@@H](n2ccc(N)nc2=O)[C@@H](F)[C@@H]1O)Oc1ccccc1)C(=O)OC1CCC1. The minimum atomic E-state index is -4.19. The third-order valence-electron chi connectivity index (χ3n) is 5.84. The van der Waals surface area contributed by atoms with Crippen LogP contribution in [0.5, 0.6) is 5.75 Å². The molecule has 2 aliphatic rings. The van der Waals surface area contributed by atoms with Crippen LogP contribution in [0.25, 0.3) is 0 Å². The fourth-order valence-corrected chi connectivity index (χ4v) is 6.65. The van der Waals surface area contributed by atoms with Gasteiger partial charge in [-0.25, -0.2) is 13.8 Å². The average Bonchev–Trinajstić information content (AvgIpc) is 3.09. The van der Waals surface area contributed by atoms with Crippen molar-refractivity contribution >= 4 is 31.3 Å². The molecule has 1 saturated carbocycles. The molecule has 1 aromatic heterocycles. The quantitative estimate of drug-likeness (QED) is 0.299. The van der Waals surface area contributed by atoms with Gasteiger partial charge in [0.05, 0.1) is 11.9 Å². The summed E-state index contributed by atoms with van der Waals surface area (Å²) in [6, 6.07) is 8.52. The van der Waals surface area contributed by atoms with Gasteiger partial charge in [-0.3, -0.25) is 13.9 Å². The monoisotopic (exact) mass is 542 g/mol. The van der Waals surface area contributed by atoms with Gasteiger partial charge >= 0.3 is 19.4 Å². The number of aliphatic hydroxyl groups is 1. The number of nitrogens with zero attached hydrogens (tertiary/aromatic N) is 2. The molecule has 2 heterocycles. The lowest BCUT2D eigenvalue weighted by atomic mass is 9.96. The van der Waals surface area contributed by atoms with E-state index < -0.39 is 55.0 Å².